The Balaban J connectivity index is 1.87. The standard InChI is InChI=1S/C17H13N5S/c18-14-10-12(6-8-19-14)17-21-15(11-4-2-1-3-5-11)16(23-17)13-7-9-20-22-13/h1-6,8-10H,7H2,(H2,18,19). The predicted octanol–water partition coefficient (Wildman–Crippen LogP) is 3.63. The van der Waals surface area contributed by atoms with Gasteiger partial charge in [-0.25, -0.2) is 9.97 Å². The Hall–Kier alpha value is -2.86. The van der Waals surface area contributed by atoms with Crippen molar-refractivity contribution in [1.29, 1.82) is 0 Å². The summed E-state index contributed by atoms with van der Waals surface area (Å²) in [7, 11) is 0. The lowest BCUT2D eigenvalue weighted by Crippen LogP contribution is -1.97. The molecule has 0 saturated heterocycles. The molecule has 3 aromatic rings. The van der Waals surface area contributed by atoms with Crippen molar-refractivity contribution in [2.45, 2.75) is 6.42 Å². The predicted molar refractivity (Wildman–Crippen MR) is 94.8 cm³/mol. The molecular formula is C17H13N5S. The molecule has 1 aliphatic rings. The maximum absolute atomic E-state index is 5.80. The normalized spacial score (nSPS) is 13.3. The number of nitrogens with zero attached hydrogens (tertiary/aromatic N) is 4. The maximum atomic E-state index is 5.80. The van der Waals surface area contributed by atoms with Gasteiger partial charge >= 0.3 is 0 Å². The van der Waals surface area contributed by atoms with Gasteiger partial charge in [-0.15, -0.1) is 11.3 Å². The highest BCUT2D eigenvalue weighted by Crippen LogP contribution is 2.35. The van der Waals surface area contributed by atoms with E-state index in [2.05, 4.69) is 27.3 Å². The first kappa shape index (κ1) is 13.8. The lowest BCUT2D eigenvalue weighted by Gasteiger charge is -2.00. The number of rotatable bonds is 3. The van der Waals surface area contributed by atoms with Crippen molar-refractivity contribution in [3.63, 3.8) is 0 Å². The molecule has 0 saturated carbocycles. The molecule has 0 radical (unpaired) electrons. The smallest absolute Gasteiger partial charge is 0.124 e. The van der Waals surface area contributed by atoms with Gasteiger partial charge in [-0.2, -0.15) is 10.2 Å². The molecule has 23 heavy (non-hydrogen) atoms. The summed E-state index contributed by atoms with van der Waals surface area (Å²) in [5.41, 5.74) is 9.72. The fourth-order valence-electron chi connectivity index (χ4n) is 2.43. The highest BCUT2D eigenvalue weighted by molar-refractivity contribution is 7.17. The quantitative estimate of drug-likeness (QED) is 0.801. The van der Waals surface area contributed by atoms with Crippen LogP contribution in [0.4, 0.5) is 5.82 Å². The van der Waals surface area contributed by atoms with E-state index in [0.29, 0.717) is 5.82 Å². The lowest BCUT2D eigenvalue weighted by molar-refractivity contribution is 1.28. The monoisotopic (exact) mass is 319 g/mol. The zero-order valence-electron chi connectivity index (χ0n) is 12.2. The maximum Gasteiger partial charge on any atom is 0.124 e. The van der Waals surface area contributed by atoms with E-state index in [-0.39, 0.29) is 0 Å². The van der Waals surface area contributed by atoms with E-state index in [1.807, 2.05) is 36.5 Å². The molecule has 0 unspecified atom stereocenters. The highest BCUT2D eigenvalue weighted by Gasteiger charge is 2.20. The zero-order valence-corrected chi connectivity index (χ0v) is 13.0. The number of nitrogens with two attached hydrogens (primary N) is 1. The summed E-state index contributed by atoms with van der Waals surface area (Å²) in [6.07, 6.45) is 4.25. The highest BCUT2D eigenvalue weighted by atomic mass is 32.1. The molecule has 5 nitrogen and oxygen atoms in total. The van der Waals surface area contributed by atoms with E-state index in [9.17, 15) is 0 Å². The zero-order chi connectivity index (χ0) is 15.6. The molecule has 1 aliphatic heterocycles. The average molecular weight is 319 g/mol. The third-order valence-electron chi connectivity index (χ3n) is 3.51. The van der Waals surface area contributed by atoms with Crippen molar-refractivity contribution in [2.24, 2.45) is 10.2 Å². The molecule has 0 spiro atoms. The van der Waals surface area contributed by atoms with Crippen LogP contribution >= 0.6 is 11.3 Å². The molecule has 0 atom stereocenters. The van der Waals surface area contributed by atoms with Crippen LogP contribution in [-0.2, 0) is 0 Å². The second-order valence-electron chi connectivity index (χ2n) is 5.08. The minimum Gasteiger partial charge on any atom is -0.384 e. The summed E-state index contributed by atoms with van der Waals surface area (Å²) in [6, 6.07) is 13.9. The number of nitrogen functional groups attached to an aromatic ring is 1. The Morgan fingerprint density at radius 2 is 1.91 bits per heavy atom. The first-order valence-electron chi connectivity index (χ1n) is 7.18. The van der Waals surface area contributed by atoms with Crippen molar-refractivity contribution in [3.8, 4) is 21.8 Å². The summed E-state index contributed by atoms with van der Waals surface area (Å²) >= 11 is 1.61. The van der Waals surface area contributed by atoms with E-state index >= 15 is 0 Å². The van der Waals surface area contributed by atoms with Crippen molar-refractivity contribution < 1.29 is 0 Å². The molecule has 1 aromatic carbocycles. The van der Waals surface area contributed by atoms with Gasteiger partial charge < -0.3 is 5.73 Å². The van der Waals surface area contributed by atoms with Gasteiger partial charge in [-0.05, 0) is 12.1 Å². The second kappa shape index (κ2) is 5.73. The fourth-order valence-corrected chi connectivity index (χ4v) is 3.51. The molecule has 3 heterocycles. The van der Waals surface area contributed by atoms with Gasteiger partial charge in [-0.1, -0.05) is 30.3 Å². The number of benzene rings is 1. The SMILES string of the molecule is Nc1cc(-c2nc(-c3ccccc3)c(C3=NN=CC3)s2)ccn1. The first-order chi connectivity index (χ1) is 11.3. The number of pyridine rings is 1. The van der Waals surface area contributed by atoms with E-state index in [1.54, 1.807) is 17.5 Å². The molecular weight excluding hydrogens is 306 g/mol. The van der Waals surface area contributed by atoms with Crippen molar-refractivity contribution in [3.05, 3.63) is 53.5 Å². The van der Waals surface area contributed by atoms with Crippen LogP contribution in [0.15, 0.2) is 58.9 Å². The van der Waals surface area contributed by atoms with Crippen LogP contribution in [-0.4, -0.2) is 21.9 Å². The molecule has 2 aromatic heterocycles. The number of aromatic nitrogens is 2. The Morgan fingerprint density at radius 3 is 2.65 bits per heavy atom. The Morgan fingerprint density at radius 1 is 1.04 bits per heavy atom. The fraction of sp³-hybridized carbons (Fsp3) is 0.0588. The summed E-state index contributed by atoms with van der Waals surface area (Å²) in [4.78, 5) is 9.93. The third kappa shape index (κ3) is 2.64. The van der Waals surface area contributed by atoms with Gasteiger partial charge in [-0.3, -0.25) is 0 Å². The van der Waals surface area contributed by atoms with Crippen LogP contribution in [0.2, 0.25) is 0 Å². The van der Waals surface area contributed by atoms with Crippen LogP contribution < -0.4 is 5.73 Å². The van der Waals surface area contributed by atoms with Crippen LogP contribution in [0.25, 0.3) is 21.8 Å². The van der Waals surface area contributed by atoms with Crippen molar-refractivity contribution in [2.75, 3.05) is 5.73 Å². The molecule has 112 valence electrons. The Kier molecular flexibility index (Phi) is 3.44. The third-order valence-corrected chi connectivity index (χ3v) is 4.66. The van der Waals surface area contributed by atoms with Crippen LogP contribution in [0.5, 0.6) is 0 Å². The number of hydrogen-bond acceptors (Lipinski definition) is 6. The summed E-state index contributed by atoms with van der Waals surface area (Å²) in [5.74, 6) is 0.488. The van der Waals surface area contributed by atoms with Gasteiger partial charge in [0.25, 0.3) is 0 Å². The molecule has 0 bridgehead atoms. The number of thiazole rings is 1. The minimum atomic E-state index is 0.488. The molecule has 2 N–H and O–H groups in total. The number of hydrogen-bond donors (Lipinski definition) is 1. The Labute approximate surface area is 137 Å². The number of anilines is 1. The summed E-state index contributed by atoms with van der Waals surface area (Å²) in [5, 5.41) is 9.13. The molecule has 0 fully saturated rings. The van der Waals surface area contributed by atoms with Gasteiger partial charge in [0.05, 0.1) is 16.3 Å². The van der Waals surface area contributed by atoms with Crippen molar-refractivity contribution in [1.82, 2.24) is 9.97 Å². The van der Waals surface area contributed by atoms with E-state index in [4.69, 9.17) is 10.7 Å². The Bertz CT molecular complexity index is 912. The topological polar surface area (TPSA) is 76.5 Å². The lowest BCUT2D eigenvalue weighted by atomic mass is 10.1. The largest absolute Gasteiger partial charge is 0.384 e. The van der Waals surface area contributed by atoms with Crippen LogP contribution in [0.1, 0.15) is 11.3 Å². The second-order valence-corrected chi connectivity index (χ2v) is 6.08. The van der Waals surface area contributed by atoms with E-state index in [1.165, 1.54) is 0 Å². The van der Waals surface area contributed by atoms with Gasteiger partial charge in [0.15, 0.2) is 0 Å². The van der Waals surface area contributed by atoms with Crippen molar-refractivity contribution >= 4 is 29.1 Å². The van der Waals surface area contributed by atoms with E-state index < -0.39 is 0 Å². The van der Waals surface area contributed by atoms with Gasteiger partial charge in [0.2, 0.25) is 0 Å². The molecule has 6 heteroatoms. The van der Waals surface area contributed by atoms with Gasteiger partial charge in [0.1, 0.15) is 10.8 Å². The molecule has 0 aliphatic carbocycles. The minimum absolute atomic E-state index is 0.488. The van der Waals surface area contributed by atoms with Gasteiger partial charge in [0, 0.05) is 30.0 Å². The molecule has 4 rings (SSSR count). The first-order valence-corrected chi connectivity index (χ1v) is 8.00. The van der Waals surface area contributed by atoms with Crippen LogP contribution in [0.3, 0.4) is 0 Å². The molecule has 0 amide bonds. The van der Waals surface area contributed by atoms with Crippen LogP contribution in [0, 0.1) is 0 Å². The van der Waals surface area contributed by atoms with E-state index in [0.717, 1.165) is 38.8 Å². The average Bonchev–Trinajstić information content (AvgIpc) is 3.25. The summed E-state index contributed by atoms with van der Waals surface area (Å²) < 4.78 is 0. The summed E-state index contributed by atoms with van der Waals surface area (Å²) in [6.45, 7) is 0.